The number of esters is 1. The highest BCUT2D eigenvalue weighted by Gasteiger charge is 2.00. The topological polar surface area (TPSA) is 38.7 Å². The van der Waals surface area contributed by atoms with Crippen LogP contribution in [0.15, 0.2) is 94.4 Å². The molecule has 0 radical (unpaired) electrons. The number of benzene rings is 3. The van der Waals surface area contributed by atoms with Gasteiger partial charge in [0.05, 0.1) is 5.69 Å². The van der Waals surface area contributed by atoms with Crippen LogP contribution in [0.2, 0.25) is 0 Å². The highest BCUT2D eigenvalue weighted by atomic mass is 79.9. The molecule has 4 heteroatoms. The Hall–Kier alpha value is -2.98. The zero-order valence-corrected chi connectivity index (χ0v) is 15.5. The van der Waals surface area contributed by atoms with Crippen LogP contribution in [0.4, 0.5) is 5.69 Å². The Morgan fingerprint density at radius 3 is 2.19 bits per heavy atom. The SMILES string of the molecule is O=C(/C=C/c1ccc(Br)cc1)Oc1ccc(C=Nc2ccccc2)cc1. The monoisotopic (exact) mass is 405 g/mol. The fourth-order valence-electron chi connectivity index (χ4n) is 2.17. The predicted octanol–water partition coefficient (Wildman–Crippen LogP) is 5.82. The lowest BCUT2D eigenvalue weighted by atomic mass is 10.2. The van der Waals surface area contributed by atoms with Crippen molar-refractivity contribution < 1.29 is 9.53 Å². The summed E-state index contributed by atoms with van der Waals surface area (Å²) >= 11 is 3.37. The minimum Gasteiger partial charge on any atom is -0.423 e. The van der Waals surface area contributed by atoms with E-state index in [2.05, 4.69) is 20.9 Å². The zero-order valence-electron chi connectivity index (χ0n) is 13.9. The van der Waals surface area contributed by atoms with Crippen LogP contribution in [0.1, 0.15) is 11.1 Å². The molecule has 3 aromatic rings. The lowest BCUT2D eigenvalue weighted by molar-refractivity contribution is -0.128. The number of carbonyl (C=O) groups is 1. The van der Waals surface area contributed by atoms with Crippen LogP contribution in [0, 0.1) is 0 Å². The van der Waals surface area contributed by atoms with Crippen molar-refractivity contribution >= 4 is 39.9 Å². The lowest BCUT2D eigenvalue weighted by Gasteiger charge is -2.01. The van der Waals surface area contributed by atoms with Gasteiger partial charge in [0.1, 0.15) is 5.75 Å². The van der Waals surface area contributed by atoms with Gasteiger partial charge in [-0.25, -0.2) is 4.79 Å². The van der Waals surface area contributed by atoms with E-state index in [9.17, 15) is 4.79 Å². The maximum absolute atomic E-state index is 11.9. The Bertz CT molecular complexity index is 915. The Morgan fingerprint density at radius 2 is 1.50 bits per heavy atom. The number of halogens is 1. The van der Waals surface area contributed by atoms with Gasteiger partial charge in [-0.3, -0.25) is 4.99 Å². The van der Waals surface area contributed by atoms with E-state index < -0.39 is 5.97 Å². The summed E-state index contributed by atoms with van der Waals surface area (Å²) in [4.78, 5) is 16.3. The molecular formula is C22H16BrNO2. The summed E-state index contributed by atoms with van der Waals surface area (Å²) in [6.45, 7) is 0. The average Bonchev–Trinajstić information content (AvgIpc) is 2.68. The van der Waals surface area contributed by atoms with Gasteiger partial charge in [0.25, 0.3) is 0 Å². The number of hydrogen-bond acceptors (Lipinski definition) is 3. The average molecular weight is 406 g/mol. The first kappa shape index (κ1) is 17.8. The van der Waals surface area contributed by atoms with Gasteiger partial charge in [0.15, 0.2) is 0 Å². The van der Waals surface area contributed by atoms with Crippen molar-refractivity contribution in [3.63, 3.8) is 0 Å². The van der Waals surface area contributed by atoms with Gasteiger partial charge in [0, 0.05) is 16.8 Å². The molecule has 0 aliphatic carbocycles. The first-order valence-electron chi connectivity index (χ1n) is 8.04. The molecule has 0 unspecified atom stereocenters. The third kappa shape index (κ3) is 5.53. The molecule has 3 nitrogen and oxygen atoms in total. The molecule has 26 heavy (non-hydrogen) atoms. The van der Waals surface area contributed by atoms with E-state index in [0.29, 0.717) is 5.75 Å². The first-order valence-corrected chi connectivity index (χ1v) is 8.83. The number of hydrogen-bond donors (Lipinski definition) is 0. The molecule has 0 saturated carbocycles. The Kier molecular flexibility index (Phi) is 6.12. The summed E-state index contributed by atoms with van der Waals surface area (Å²) in [6.07, 6.45) is 4.90. The van der Waals surface area contributed by atoms with Gasteiger partial charge in [-0.2, -0.15) is 0 Å². The molecule has 0 aliphatic heterocycles. The zero-order chi connectivity index (χ0) is 18.2. The minimum absolute atomic E-state index is 0.418. The Morgan fingerprint density at radius 1 is 0.846 bits per heavy atom. The summed E-state index contributed by atoms with van der Waals surface area (Å²) in [5.41, 5.74) is 2.75. The van der Waals surface area contributed by atoms with E-state index in [4.69, 9.17) is 4.74 Å². The van der Waals surface area contributed by atoms with Crippen LogP contribution in [0.25, 0.3) is 6.08 Å². The quantitative estimate of drug-likeness (QED) is 0.232. The number of para-hydroxylation sites is 1. The molecule has 0 atom stereocenters. The third-order valence-corrected chi connectivity index (χ3v) is 4.03. The summed E-state index contributed by atoms with van der Waals surface area (Å²) < 4.78 is 6.29. The number of nitrogens with zero attached hydrogens (tertiary/aromatic N) is 1. The van der Waals surface area contributed by atoms with Gasteiger partial charge in [-0.15, -0.1) is 0 Å². The van der Waals surface area contributed by atoms with Gasteiger partial charge in [0.2, 0.25) is 0 Å². The second-order valence-corrected chi connectivity index (χ2v) is 6.38. The van der Waals surface area contributed by atoms with Crippen molar-refractivity contribution in [3.05, 3.63) is 101 Å². The molecular weight excluding hydrogens is 390 g/mol. The molecule has 3 aromatic carbocycles. The van der Waals surface area contributed by atoms with Crippen LogP contribution in [0.3, 0.4) is 0 Å². The molecule has 128 valence electrons. The highest BCUT2D eigenvalue weighted by molar-refractivity contribution is 9.10. The van der Waals surface area contributed by atoms with Crippen molar-refractivity contribution in [2.24, 2.45) is 4.99 Å². The van der Waals surface area contributed by atoms with Crippen molar-refractivity contribution in [1.82, 2.24) is 0 Å². The molecule has 0 amide bonds. The third-order valence-electron chi connectivity index (χ3n) is 3.50. The smallest absolute Gasteiger partial charge is 0.336 e. The summed E-state index contributed by atoms with van der Waals surface area (Å²) in [5.74, 6) is 0.0749. The Balaban J connectivity index is 1.57. The fraction of sp³-hybridized carbons (Fsp3) is 0. The molecule has 0 aliphatic rings. The van der Waals surface area contributed by atoms with Crippen molar-refractivity contribution in [2.45, 2.75) is 0 Å². The normalized spacial score (nSPS) is 11.1. The first-order chi connectivity index (χ1) is 12.7. The molecule has 0 heterocycles. The number of carbonyl (C=O) groups excluding carboxylic acids is 1. The van der Waals surface area contributed by atoms with Gasteiger partial charge < -0.3 is 4.74 Å². The largest absolute Gasteiger partial charge is 0.423 e. The summed E-state index contributed by atoms with van der Waals surface area (Å²) in [5, 5.41) is 0. The standard InChI is InChI=1S/C22H16BrNO2/c23-19-11-6-17(7-12-19)10-15-22(25)26-21-13-8-18(9-14-21)16-24-20-4-2-1-3-5-20/h1-16H/b15-10+,24-16?. The van der Waals surface area contributed by atoms with Crippen LogP contribution < -0.4 is 4.74 Å². The van der Waals surface area contributed by atoms with Crippen LogP contribution >= 0.6 is 15.9 Å². The van der Waals surface area contributed by atoms with Gasteiger partial charge in [-0.05, 0) is 65.7 Å². The maximum atomic E-state index is 11.9. The van der Waals surface area contributed by atoms with Gasteiger partial charge in [-0.1, -0.05) is 46.3 Å². The molecule has 3 rings (SSSR count). The molecule has 0 aromatic heterocycles. The van der Waals surface area contributed by atoms with E-state index in [1.165, 1.54) is 6.08 Å². The Labute approximate surface area is 160 Å². The van der Waals surface area contributed by atoms with E-state index in [1.807, 2.05) is 66.7 Å². The highest BCUT2D eigenvalue weighted by Crippen LogP contribution is 2.15. The second-order valence-electron chi connectivity index (χ2n) is 5.47. The van der Waals surface area contributed by atoms with Crippen molar-refractivity contribution in [2.75, 3.05) is 0 Å². The van der Waals surface area contributed by atoms with E-state index >= 15 is 0 Å². The van der Waals surface area contributed by atoms with Crippen LogP contribution in [-0.4, -0.2) is 12.2 Å². The van der Waals surface area contributed by atoms with Crippen LogP contribution in [-0.2, 0) is 4.79 Å². The maximum Gasteiger partial charge on any atom is 0.336 e. The lowest BCUT2D eigenvalue weighted by Crippen LogP contribution is -2.03. The predicted molar refractivity (Wildman–Crippen MR) is 109 cm³/mol. The second kappa shape index (κ2) is 8.92. The van der Waals surface area contributed by atoms with Crippen molar-refractivity contribution in [3.8, 4) is 5.75 Å². The summed E-state index contributed by atoms with van der Waals surface area (Å²) in [6, 6.07) is 24.6. The minimum atomic E-state index is -0.418. The van der Waals surface area contributed by atoms with E-state index in [0.717, 1.165) is 21.3 Å². The summed E-state index contributed by atoms with van der Waals surface area (Å²) in [7, 11) is 0. The molecule has 0 saturated heterocycles. The fourth-order valence-corrected chi connectivity index (χ4v) is 2.44. The number of rotatable bonds is 5. The molecule has 0 N–H and O–H groups in total. The molecule has 0 spiro atoms. The van der Waals surface area contributed by atoms with E-state index in [1.54, 1.807) is 24.4 Å². The van der Waals surface area contributed by atoms with Gasteiger partial charge >= 0.3 is 5.97 Å². The van der Waals surface area contributed by atoms with Crippen LogP contribution in [0.5, 0.6) is 5.75 Å². The molecule has 0 bridgehead atoms. The molecule has 0 fully saturated rings. The number of aliphatic imine (C=N–C) groups is 1. The number of ether oxygens (including phenoxy) is 1. The van der Waals surface area contributed by atoms with Crippen molar-refractivity contribution in [1.29, 1.82) is 0 Å². The van der Waals surface area contributed by atoms with E-state index in [-0.39, 0.29) is 0 Å².